The average molecular weight is 487 g/mol. The number of carbonyl (C=O) groups excluding carboxylic acids is 2. The summed E-state index contributed by atoms with van der Waals surface area (Å²) in [5.41, 5.74) is 2.84. The number of nitrogens with zero attached hydrogens (tertiary/aromatic N) is 2. The maximum absolute atomic E-state index is 12.9. The third-order valence-electron chi connectivity index (χ3n) is 5.73. The Labute approximate surface area is 185 Å². The summed E-state index contributed by atoms with van der Waals surface area (Å²) in [4.78, 5) is 31.9. The number of thiazole rings is 1. The normalized spacial score (nSPS) is 21.8. The van der Waals surface area contributed by atoms with Crippen LogP contribution in [0, 0.1) is 11.8 Å². The summed E-state index contributed by atoms with van der Waals surface area (Å²) < 4.78 is 3.08. The summed E-state index contributed by atoms with van der Waals surface area (Å²) >= 11 is 6.78. The lowest BCUT2D eigenvalue weighted by Gasteiger charge is -2.19. The highest BCUT2D eigenvalue weighted by Gasteiger charge is 2.48. The number of hydrogen-bond donors (Lipinski definition) is 0. The van der Waals surface area contributed by atoms with Gasteiger partial charge in [-0.25, -0.2) is 4.98 Å². The first kappa shape index (κ1) is 19.3. The third-order valence-corrected chi connectivity index (χ3v) is 8.49. The number of halogens is 1. The van der Waals surface area contributed by atoms with Crippen molar-refractivity contribution in [3.8, 4) is 0 Å². The lowest BCUT2D eigenvalue weighted by molar-refractivity contribution is -0.122. The van der Waals surface area contributed by atoms with E-state index in [-0.39, 0.29) is 23.7 Å². The summed E-state index contributed by atoms with van der Waals surface area (Å²) in [7, 11) is 0. The minimum Gasteiger partial charge on any atom is -0.274 e. The molecule has 1 aromatic heterocycles. The van der Waals surface area contributed by atoms with E-state index in [1.54, 1.807) is 23.1 Å². The largest absolute Gasteiger partial charge is 0.274 e. The van der Waals surface area contributed by atoms with Crippen LogP contribution in [-0.4, -0.2) is 16.8 Å². The molecule has 5 rings (SSSR count). The van der Waals surface area contributed by atoms with Crippen LogP contribution in [-0.2, 0) is 15.3 Å². The molecule has 0 bridgehead atoms. The van der Waals surface area contributed by atoms with E-state index < -0.39 is 0 Å². The van der Waals surface area contributed by atoms with E-state index in [0.29, 0.717) is 5.69 Å². The van der Waals surface area contributed by atoms with Gasteiger partial charge in [0.2, 0.25) is 11.8 Å². The van der Waals surface area contributed by atoms with Gasteiger partial charge in [0, 0.05) is 10.2 Å². The van der Waals surface area contributed by atoms with Crippen molar-refractivity contribution in [3.05, 3.63) is 52.5 Å². The van der Waals surface area contributed by atoms with Crippen molar-refractivity contribution in [1.29, 1.82) is 0 Å². The van der Waals surface area contributed by atoms with Gasteiger partial charge in [-0.05, 0) is 48.7 Å². The second-order valence-corrected chi connectivity index (χ2v) is 10.7. The van der Waals surface area contributed by atoms with E-state index in [9.17, 15) is 9.59 Å². The first-order valence-electron chi connectivity index (χ1n) is 9.76. The molecule has 0 radical (unpaired) electrons. The van der Waals surface area contributed by atoms with Crippen LogP contribution in [0.2, 0.25) is 0 Å². The van der Waals surface area contributed by atoms with Crippen LogP contribution in [0.3, 0.4) is 0 Å². The first-order chi connectivity index (χ1) is 14.1. The minimum absolute atomic E-state index is 0.0200. The standard InChI is InChI=1S/C22H19BrN2O2S2/c23-14-7-5-13(6-8-14)12-28-22-24-18-10-9-15(11-19(18)29-22)25-20(26)16-3-1-2-4-17(16)21(25)27/h5-11,16-17H,1-4,12H2/t16-,17-/m0/s1. The van der Waals surface area contributed by atoms with Crippen molar-refractivity contribution in [2.75, 3.05) is 4.90 Å². The smallest absolute Gasteiger partial charge is 0.237 e. The number of amides is 2. The summed E-state index contributed by atoms with van der Waals surface area (Å²) in [6, 6.07) is 14.0. The van der Waals surface area contributed by atoms with Crippen molar-refractivity contribution in [2.24, 2.45) is 11.8 Å². The van der Waals surface area contributed by atoms with Gasteiger partial charge in [-0.1, -0.05) is 52.7 Å². The predicted molar refractivity (Wildman–Crippen MR) is 121 cm³/mol. The van der Waals surface area contributed by atoms with Crippen LogP contribution in [0.25, 0.3) is 10.2 Å². The lowest BCUT2D eigenvalue weighted by atomic mass is 9.81. The van der Waals surface area contributed by atoms with Crippen molar-refractivity contribution in [3.63, 3.8) is 0 Å². The molecule has 2 fully saturated rings. The number of benzene rings is 2. The van der Waals surface area contributed by atoms with Gasteiger partial charge < -0.3 is 0 Å². The minimum atomic E-state index is -0.120. The molecule has 4 nitrogen and oxygen atoms in total. The highest BCUT2D eigenvalue weighted by molar-refractivity contribution is 9.10. The van der Waals surface area contributed by atoms with Gasteiger partial charge in [0.15, 0.2) is 4.34 Å². The molecule has 0 spiro atoms. The maximum Gasteiger partial charge on any atom is 0.237 e. The number of anilines is 1. The third kappa shape index (κ3) is 3.64. The van der Waals surface area contributed by atoms with Gasteiger partial charge in [0.1, 0.15) is 0 Å². The number of rotatable bonds is 4. The SMILES string of the molecule is O=C1[C@H]2CCCC[C@@H]2C(=O)N1c1ccc2nc(SCc3ccc(Br)cc3)sc2c1. The van der Waals surface area contributed by atoms with E-state index in [4.69, 9.17) is 4.98 Å². The fraction of sp³-hybridized carbons (Fsp3) is 0.318. The van der Waals surface area contributed by atoms with Crippen LogP contribution < -0.4 is 4.90 Å². The monoisotopic (exact) mass is 486 g/mol. The molecule has 1 saturated heterocycles. The second-order valence-electron chi connectivity index (χ2n) is 7.56. The first-order valence-corrected chi connectivity index (χ1v) is 12.4. The molecule has 2 atom stereocenters. The van der Waals surface area contributed by atoms with E-state index in [1.807, 2.05) is 30.3 Å². The Morgan fingerprint density at radius 1 is 1.03 bits per heavy atom. The zero-order valence-electron chi connectivity index (χ0n) is 15.6. The lowest BCUT2D eigenvalue weighted by Crippen LogP contribution is -2.30. The molecular weight excluding hydrogens is 468 g/mol. The fourth-order valence-electron chi connectivity index (χ4n) is 4.24. The number of thioether (sulfide) groups is 1. The van der Waals surface area contributed by atoms with Crippen LogP contribution in [0.1, 0.15) is 31.2 Å². The van der Waals surface area contributed by atoms with Crippen molar-refractivity contribution >= 4 is 66.7 Å². The van der Waals surface area contributed by atoms with Gasteiger partial charge in [0.05, 0.1) is 27.7 Å². The molecule has 7 heteroatoms. The molecule has 0 unspecified atom stereocenters. The number of fused-ring (bicyclic) bond motifs is 2. The number of imide groups is 1. The molecule has 3 aromatic rings. The number of aromatic nitrogens is 1. The molecule has 148 valence electrons. The Bertz CT molecular complexity index is 1070. The summed E-state index contributed by atoms with van der Waals surface area (Å²) in [5, 5.41) is 0. The van der Waals surface area contributed by atoms with Gasteiger partial charge in [0.25, 0.3) is 0 Å². The molecule has 29 heavy (non-hydrogen) atoms. The molecule has 2 heterocycles. The Morgan fingerprint density at radius 2 is 1.72 bits per heavy atom. The molecule has 2 amide bonds. The molecule has 1 aliphatic heterocycles. The van der Waals surface area contributed by atoms with Crippen LogP contribution in [0.4, 0.5) is 5.69 Å². The predicted octanol–water partition coefficient (Wildman–Crippen LogP) is 6.03. The van der Waals surface area contributed by atoms with Crippen LogP contribution in [0.5, 0.6) is 0 Å². The quantitative estimate of drug-likeness (QED) is 0.333. The molecule has 2 aliphatic rings. The zero-order valence-corrected chi connectivity index (χ0v) is 18.9. The Hall–Kier alpha value is -1.70. The zero-order chi connectivity index (χ0) is 20.0. The number of hydrogen-bond acceptors (Lipinski definition) is 5. The Morgan fingerprint density at radius 3 is 2.41 bits per heavy atom. The molecule has 0 N–H and O–H groups in total. The summed E-state index contributed by atoms with van der Waals surface area (Å²) in [6.07, 6.45) is 3.76. The number of carbonyl (C=O) groups is 2. The molecule has 2 aromatic carbocycles. The Balaban J connectivity index is 1.37. The van der Waals surface area contributed by atoms with E-state index in [1.165, 1.54) is 10.5 Å². The summed E-state index contributed by atoms with van der Waals surface area (Å²) in [6.45, 7) is 0. The van der Waals surface area contributed by atoms with Gasteiger partial charge >= 0.3 is 0 Å². The maximum atomic E-state index is 12.9. The second kappa shape index (κ2) is 7.85. The summed E-state index contributed by atoms with van der Waals surface area (Å²) in [5.74, 6) is 0.574. The van der Waals surface area contributed by atoms with Gasteiger partial charge in [-0.2, -0.15) is 0 Å². The fourth-order valence-corrected chi connectivity index (χ4v) is 6.56. The highest BCUT2D eigenvalue weighted by atomic mass is 79.9. The topological polar surface area (TPSA) is 50.3 Å². The Kier molecular flexibility index (Phi) is 5.22. The van der Waals surface area contributed by atoms with Crippen molar-refractivity contribution in [1.82, 2.24) is 4.98 Å². The van der Waals surface area contributed by atoms with Crippen molar-refractivity contribution < 1.29 is 9.59 Å². The van der Waals surface area contributed by atoms with Crippen LogP contribution >= 0.6 is 39.0 Å². The molecule has 1 aliphatic carbocycles. The van der Waals surface area contributed by atoms with E-state index in [2.05, 4.69) is 28.1 Å². The van der Waals surface area contributed by atoms with Gasteiger partial charge in [-0.3, -0.25) is 14.5 Å². The van der Waals surface area contributed by atoms with E-state index in [0.717, 1.165) is 50.5 Å². The van der Waals surface area contributed by atoms with Crippen molar-refractivity contribution in [2.45, 2.75) is 35.8 Å². The van der Waals surface area contributed by atoms with Crippen LogP contribution in [0.15, 0.2) is 51.3 Å². The van der Waals surface area contributed by atoms with Gasteiger partial charge in [-0.15, -0.1) is 11.3 Å². The van der Waals surface area contributed by atoms with E-state index >= 15 is 0 Å². The average Bonchev–Trinajstić information content (AvgIpc) is 3.26. The molecule has 1 saturated carbocycles. The molecular formula is C22H19BrN2O2S2. The highest BCUT2D eigenvalue weighted by Crippen LogP contribution is 2.41.